The fourth-order valence-corrected chi connectivity index (χ4v) is 1.81. The van der Waals surface area contributed by atoms with Gasteiger partial charge in [0.05, 0.1) is 19.8 Å². The van der Waals surface area contributed by atoms with Gasteiger partial charge in [0.2, 0.25) is 5.91 Å². The van der Waals surface area contributed by atoms with Crippen LogP contribution >= 0.6 is 0 Å². The van der Waals surface area contributed by atoms with Crippen molar-refractivity contribution in [2.45, 2.75) is 13.3 Å². The van der Waals surface area contributed by atoms with E-state index in [1.807, 2.05) is 25.1 Å². The molecule has 1 heterocycles. The zero-order valence-corrected chi connectivity index (χ0v) is 10.9. The topological polar surface area (TPSA) is 68.5 Å². The first-order chi connectivity index (χ1) is 9.10. The molecule has 1 N–H and O–H groups in total. The van der Waals surface area contributed by atoms with Gasteiger partial charge in [-0.1, -0.05) is 11.6 Å². The first-order valence-electron chi connectivity index (χ1n) is 5.90. The summed E-state index contributed by atoms with van der Waals surface area (Å²) in [5.74, 6) is -0.712. The van der Waals surface area contributed by atoms with Crippen LogP contribution in [0.1, 0.15) is 11.1 Å². The lowest BCUT2D eigenvalue weighted by Crippen LogP contribution is -2.31. The molecule has 0 fully saturated rings. The molecule has 0 radical (unpaired) electrons. The summed E-state index contributed by atoms with van der Waals surface area (Å²) >= 11 is 0. The number of esters is 1. The molecule has 2 aromatic rings. The summed E-state index contributed by atoms with van der Waals surface area (Å²) in [4.78, 5) is 22.6. The number of ether oxygens (including phenoxy) is 1. The number of methoxy groups -OCH3 is 1. The van der Waals surface area contributed by atoms with Crippen molar-refractivity contribution in [2.24, 2.45) is 0 Å². The largest absolute Gasteiger partial charge is 0.468 e. The van der Waals surface area contributed by atoms with E-state index < -0.39 is 5.97 Å². The van der Waals surface area contributed by atoms with Crippen molar-refractivity contribution in [3.63, 3.8) is 0 Å². The van der Waals surface area contributed by atoms with Gasteiger partial charge >= 0.3 is 5.97 Å². The first kappa shape index (κ1) is 13.1. The van der Waals surface area contributed by atoms with Crippen LogP contribution in [-0.2, 0) is 20.7 Å². The van der Waals surface area contributed by atoms with Gasteiger partial charge in [-0.25, -0.2) is 0 Å². The zero-order valence-electron chi connectivity index (χ0n) is 10.9. The van der Waals surface area contributed by atoms with Crippen LogP contribution in [0.3, 0.4) is 0 Å². The Morgan fingerprint density at radius 3 is 2.89 bits per heavy atom. The van der Waals surface area contributed by atoms with Crippen molar-refractivity contribution in [2.75, 3.05) is 13.7 Å². The van der Waals surface area contributed by atoms with Gasteiger partial charge in [0, 0.05) is 10.9 Å². The van der Waals surface area contributed by atoms with Crippen LogP contribution in [0.4, 0.5) is 0 Å². The molecular weight excluding hydrogens is 246 g/mol. The normalized spacial score (nSPS) is 10.4. The highest BCUT2D eigenvalue weighted by Gasteiger charge is 2.11. The van der Waals surface area contributed by atoms with Gasteiger partial charge in [-0.3, -0.25) is 9.59 Å². The quantitative estimate of drug-likeness (QED) is 0.848. The Morgan fingerprint density at radius 1 is 1.37 bits per heavy atom. The Labute approximate surface area is 110 Å². The summed E-state index contributed by atoms with van der Waals surface area (Å²) < 4.78 is 9.83. The van der Waals surface area contributed by atoms with E-state index in [-0.39, 0.29) is 18.9 Å². The average molecular weight is 261 g/mol. The molecular formula is C14H15NO4. The standard InChI is InChI=1S/C14H15NO4/c1-9-3-4-12-11(5-9)10(8-19-12)6-13(16)15-7-14(17)18-2/h3-5,8H,6-7H2,1-2H3,(H,15,16). The third-order valence-electron chi connectivity index (χ3n) is 2.82. The van der Waals surface area contributed by atoms with Crippen LogP contribution < -0.4 is 5.32 Å². The average Bonchev–Trinajstić information content (AvgIpc) is 2.78. The molecule has 0 bridgehead atoms. The molecule has 0 saturated heterocycles. The second-order valence-corrected chi connectivity index (χ2v) is 4.29. The summed E-state index contributed by atoms with van der Waals surface area (Å²) in [5, 5.41) is 3.42. The first-order valence-corrected chi connectivity index (χ1v) is 5.90. The maximum absolute atomic E-state index is 11.7. The number of aryl methyl sites for hydroxylation is 1. The number of amides is 1. The van der Waals surface area contributed by atoms with E-state index in [9.17, 15) is 9.59 Å². The molecule has 0 aliphatic heterocycles. The van der Waals surface area contributed by atoms with E-state index in [2.05, 4.69) is 10.1 Å². The zero-order chi connectivity index (χ0) is 13.8. The molecule has 5 heteroatoms. The van der Waals surface area contributed by atoms with Gasteiger partial charge in [0.1, 0.15) is 12.1 Å². The highest BCUT2D eigenvalue weighted by atomic mass is 16.5. The second-order valence-electron chi connectivity index (χ2n) is 4.29. The van der Waals surface area contributed by atoms with E-state index in [0.29, 0.717) is 0 Å². The minimum absolute atomic E-state index is 0.121. The monoisotopic (exact) mass is 261 g/mol. The lowest BCUT2D eigenvalue weighted by atomic mass is 10.1. The Bertz CT molecular complexity index is 615. The number of fused-ring (bicyclic) bond motifs is 1. The number of nitrogens with one attached hydrogen (secondary N) is 1. The predicted molar refractivity (Wildman–Crippen MR) is 69.7 cm³/mol. The minimum Gasteiger partial charge on any atom is -0.468 e. The van der Waals surface area contributed by atoms with Crippen molar-refractivity contribution < 1.29 is 18.7 Å². The molecule has 0 unspecified atom stereocenters. The van der Waals surface area contributed by atoms with Crippen LogP contribution in [0, 0.1) is 6.92 Å². The number of hydrogen-bond donors (Lipinski definition) is 1. The third-order valence-corrected chi connectivity index (χ3v) is 2.82. The van der Waals surface area contributed by atoms with Gasteiger partial charge in [-0.2, -0.15) is 0 Å². The van der Waals surface area contributed by atoms with E-state index in [0.717, 1.165) is 22.1 Å². The molecule has 0 spiro atoms. The molecule has 1 aromatic heterocycles. The molecule has 1 aromatic carbocycles. The predicted octanol–water partition coefficient (Wildman–Crippen LogP) is 1.57. The van der Waals surface area contributed by atoms with Crippen molar-refractivity contribution in [3.8, 4) is 0 Å². The Balaban J connectivity index is 2.07. The maximum Gasteiger partial charge on any atom is 0.325 e. The van der Waals surface area contributed by atoms with Crippen molar-refractivity contribution in [1.82, 2.24) is 5.32 Å². The number of benzene rings is 1. The van der Waals surface area contributed by atoms with Gasteiger partial charge in [-0.05, 0) is 19.1 Å². The number of furan rings is 1. The summed E-state index contributed by atoms with van der Waals surface area (Å²) in [6.07, 6.45) is 1.75. The molecule has 0 aliphatic carbocycles. The number of hydrogen-bond acceptors (Lipinski definition) is 4. The van der Waals surface area contributed by atoms with Crippen LogP contribution in [0.5, 0.6) is 0 Å². The van der Waals surface area contributed by atoms with Crippen LogP contribution in [0.25, 0.3) is 11.0 Å². The van der Waals surface area contributed by atoms with E-state index in [1.165, 1.54) is 7.11 Å². The minimum atomic E-state index is -0.471. The molecule has 2 rings (SSSR count). The van der Waals surface area contributed by atoms with Gasteiger partial charge in [0.25, 0.3) is 0 Å². The summed E-state index contributed by atoms with van der Waals surface area (Å²) in [5.41, 5.74) is 2.66. The van der Waals surface area contributed by atoms with Gasteiger partial charge in [-0.15, -0.1) is 0 Å². The maximum atomic E-state index is 11.7. The SMILES string of the molecule is COC(=O)CNC(=O)Cc1coc2ccc(C)cc12. The smallest absolute Gasteiger partial charge is 0.325 e. The Morgan fingerprint density at radius 2 is 2.16 bits per heavy atom. The molecule has 100 valence electrons. The van der Waals surface area contributed by atoms with Crippen LogP contribution in [0.2, 0.25) is 0 Å². The highest BCUT2D eigenvalue weighted by molar-refractivity contribution is 5.89. The fraction of sp³-hybridized carbons (Fsp3) is 0.286. The number of carbonyl (C=O) groups is 2. The van der Waals surface area contributed by atoms with Gasteiger partial charge < -0.3 is 14.5 Å². The van der Waals surface area contributed by atoms with Crippen LogP contribution in [0.15, 0.2) is 28.9 Å². The lowest BCUT2D eigenvalue weighted by molar-refractivity contribution is -0.141. The van der Waals surface area contributed by atoms with E-state index in [1.54, 1.807) is 6.26 Å². The molecule has 0 atom stereocenters. The van der Waals surface area contributed by atoms with Crippen molar-refractivity contribution in [3.05, 3.63) is 35.6 Å². The summed E-state index contributed by atoms with van der Waals surface area (Å²) in [6.45, 7) is 1.86. The number of rotatable bonds is 4. The molecule has 19 heavy (non-hydrogen) atoms. The summed E-state index contributed by atoms with van der Waals surface area (Å²) in [6, 6.07) is 5.80. The number of carbonyl (C=O) groups excluding carboxylic acids is 2. The second kappa shape index (κ2) is 5.56. The van der Waals surface area contributed by atoms with E-state index in [4.69, 9.17) is 4.42 Å². The lowest BCUT2D eigenvalue weighted by Gasteiger charge is -2.03. The summed E-state index contributed by atoms with van der Waals surface area (Å²) in [7, 11) is 1.28. The van der Waals surface area contributed by atoms with Crippen molar-refractivity contribution in [1.29, 1.82) is 0 Å². The Hall–Kier alpha value is -2.30. The highest BCUT2D eigenvalue weighted by Crippen LogP contribution is 2.22. The molecule has 0 aliphatic rings. The molecule has 1 amide bonds. The van der Waals surface area contributed by atoms with Gasteiger partial charge in [0.15, 0.2) is 0 Å². The van der Waals surface area contributed by atoms with Crippen molar-refractivity contribution >= 4 is 22.8 Å². The van der Waals surface area contributed by atoms with E-state index >= 15 is 0 Å². The van der Waals surface area contributed by atoms with Crippen LogP contribution in [-0.4, -0.2) is 25.5 Å². The Kier molecular flexibility index (Phi) is 3.85. The third kappa shape index (κ3) is 3.13. The fourth-order valence-electron chi connectivity index (χ4n) is 1.81. The molecule has 5 nitrogen and oxygen atoms in total. The molecule has 0 saturated carbocycles.